The molecule has 0 spiro atoms. The first-order chi connectivity index (χ1) is 14.6. The van der Waals surface area contributed by atoms with Crippen LogP contribution in [0.3, 0.4) is 0 Å². The van der Waals surface area contributed by atoms with Gasteiger partial charge in [-0.1, -0.05) is 24.3 Å². The zero-order valence-corrected chi connectivity index (χ0v) is 18.2. The fraction of sp³-hybridized carbons (Fsp3) is 0.333. The Kier molecular flexibility index (Phi) is 6.67. The van der Waals surface area contributed by atoms with Gasteiger partial charge < -0.3 is 9.15 Å². The first-order valence-corrected chi connectivity index (χ1v) is 11.2. The van der Waals surface area contributed by atoms with Crippen molar-refractivity contribution in [1.82, 2.24) is 9.88 Å². The molecule has 0 bridgehead atoms. The minimum absolute atomic E-state index is 0.0539. The lowest BCUT2D eigenvalue weighted by molar-refractivity contribution is 0.0342. The Balaban J connectivity index is 1.36. The summed E-state index contributed by atoms with van der Waals surface area (Å²) in [6.07, 6.45) is 0. The third kappa shape index (κ3) is 5.19. The van der Waals surface area contributed by atoms with Gasteiger partial charge in [-0.2, -0.15) is 0 Å². The number of ether oxygens (including phenoxy) is 1. The number of hydrogen-bond donors (Lipinski definition) is 0. The van der Waals surface area contributed by atoms with Crippen molar-refractivity contribution in [3.8, 4) is 11.5 Å². The summed E-state index contributed by atoms with van der Waals surface area (Å²) in [5, 5.41) is 0. The van der Waals surface area contributed by atoms with Crippen LogP contribution in [0.4, 0.5) is 0 Å². The number of oxazole rings is 1. The van der Waals surface area contributed by atoms with Gasteiger partial charge in [-0.25, -0.2) is 4.98 Å². The number of aromatic nitrogens is 1. The molecule has 5 nitrogen and oxygen atoms in total. The summed E-state index contributed by atoms with van der Waals surface area (Å²) >= 11 is 1.76. The van der Waals surface area contributed by atoms with E-state index in [0.29, 0.717) is 11.5 Å². The van der Waals surface area contributed by atoms with Crippen molar-refractivity contribution in [3.63, 3.8) is 0 Å². The SMILES string of the molecule is CC(=O)c1ccc(-c2nc(CSc3ccc(CN4CCOCC4)cc3)c(C)o2)cc1. The smallest absolute Gasteiger partial charge is 0.226 e. The van der Waals surface area contributed by atoms with Crippen LogP contribution in [0.25, 0.3) is 11.5 Å². The van der Waals surface area contributed by atoms with Gasteiger partial charge in [-0.15, -0.1) is 11.8 Å². The van der Waals surface area contributed by atoms with Crippen molar-refractivity contribution in [2.45, 2.75) is 31.0 Å². The number of benzene rings is 2. The minimum atomic E-state index is 0.0539. The highest BCUT2D eigenvalue weighted by atomic mass is 32.2. The van der Waals surface area contributed by atoms with Gasteiger partial charge in [-0.05, 0) is 43.7 Å². The Bertz CT molecular complexity index is 990. The Morgan fingerprint density at radius 2 is 1.77 bits per heavy atom. The number of morpholine rings is 1. The monoisotopic (exact) mass is 422 g/mol. The van der Waals surface area contributed by atoms with Crippen molar-refractivity contribution in [1.29, 1.82) is 0 Å². The number of Topliss-reactive ketones (excluding diaryl/α,β-unsaturated/α-hetero) is 1. The molecule has 2 aromatic carbocycles. The van der Waals surface area contributed by atoms with Crippen LogP contribution >= 0.6 is 11.8 Å². The molecule has 4 rings (SSSR count). The summed E-state index contributed by atoms with van der Waals surface area (Å²) in [6, 6.07) is 16.1. The molecule has 1 aliphatic rings. The van der Waals surface area contributed by atoms with Crippen LogP contribution in [-0.2, 0) is 17.0 Å². The fourth-order valence-corrected chi connectivity index (χ4v) is 4.29. The standard InChI is InChI=1S/C24H26N2O3S/c1-17(27)20-5-7-21(8-6-20)24-25-23(18(2)29-24)16-30-22-9-3-19(4-10-22)15-26-11-13-28-14-12-26/h3-10H,11-16H2,1-2H3. The van der Waals surface area contributed by atoms with E-state index in [1.165, 1.54) is 10.5 Å². The highest BCUT2D eigenvalue weighted by molar-refractivity contribution is 7.98. The van der Waals surface area contributed by atoms with Crippen LogP contribution in [0, 0.1) is 6.92 Å². The fourth-order valence-electron chi connectivity index (χ4n) is 3.39. The lowest BCUT2D eigenvalue weighted by Crippen LogP contribution is -2.35. The number of aryl methyl sites for hydroxylation is 1. The number of hydrogen-bond acceptors (Lipinski definition) is 6. The maximum Gasteiger partial charge on any atom is 0.226 e. The summed E-state index contributed by atoms with van der Waals surface area (Å²) in [5.74, 6) is 2.23. The van der Waals surface area contributed by atoms with E-state index in [2.05, 4.69) is 34.1 Å². The Hall–Kier alpha value is -2.41. The number of nitrogens with zero attached hydrogens (tertiary/aromatic N) is 2. The molecule has 1 aliphatic heterocycles. The molecule has 3 aromatic rings. The Morgan fingerprint density at radius 1 is 1.07 bits per heavy atom. The van der Waals surface area contributed by atoms with Crippen LogP contribution < -0.4 is 0 Å². The third-order valence-electron chi connectivity index (χ3n) is 5.24. The molecule has 156 valence electrons. The van der Waals surface area contributed by atoms with Gasteiger partial charge in [0.25, 0.3) is 0 Å². The lowest BCUT2D eigenvalue weighted by atomic mass is 10.1. The second-order valence-corrected chi connectivity index (χ2v) is 8.53. The van der Waals surface area contributed by atoms with E-state index in [9.17, 15) is 4.79 Å². The normalized spacial score (nSPS) is 14.7. The molecule has 0 aliphatic carbocycles. The molecule has 0 N–H and O–H groups in total. The van der Waals surface area contributed by atoms with Crippen molar-refractivity contribution in [3.05, 3.63) is 71.1 Å². The van der Waals surface area contributed by atoms with E-state index in [-0.39, 0.29) is 5.78 Å². The molecule has 0 amide bonds. The predicted molar refractivity (Wildman–Crippen MR) is 119 cm³/mol. The van der Waals surface area contributed by atoms with E-state index < -0.39 is 0 Å². The largest absolute Gasteiger partial charge is 0.441 e. The van der Waals surface area contributed by atoms with Crippen LogP contribution in [-0.4, -0.2) is 42.0 Å². The first kappa shape index (κ1) is 20.8. The predicted octanol–water partition coefficient (Wildman–Crippen LogP) is 4.98. The highest BCUT2D eigenvalue weighted by Crippen LogP contribution is 2.28. The van der Waals surface area contributed by atoms with E-state index >= 15 is 0 Å². The van der Waals surface area contributed by atoms with Gasteiger partial charge in [0.05, 0.1) is 18.9 Å². The summed E-state index contributed by atoms with van der Waals surface area (Å²) in [7, 11) is 0. The summed E-state index contributed by atoms with van der Waals surface area (Å²) in [4.78, 5) is 19.8. The highest BCUT2D eigenvalue weighted by Gasteiger charge is 2.13. The molecular weight excluding hydrogens is 396 g/mol. The zero-order valence-electron chi connectivity index (χ0n) is 17.4. The molecule has 1 aromatic heterocycles. The number of thioether (sulfide) groups is 1. The summed E-state index contributed by atoms with van der Waals surface area (Å²) in [5.41, 5.74) is 3.85. The lowest BCUT2D eigenvalue weighted by Gasteiger charge is -2.26. The van der Waals surface area contributed by atoms with Crippen LogP contribution in [0.5, 0.6) is 0 Å². The molecule has 2 heterocycles. The second kappa shape index (κ2) is 9.60. The zero-order chi connectivity index (χ0) is 20.9. The van der Waals surface area contributed by atoms with Crippen LogP contribution in [0.2, 0.25) is 0 Å². The maximum absolute atomic E-state index is 11.4. The van der Waals surface area contributed by atoms with E-state index in [4.69, 9.17) is 9.15 Å². The van der Waals surface area contributed by atoms with Crippen LogP contribution in [0.1, 0.15) is 34.3 Å². The van der Waals surface area contributed by atoms with E-state index in [1.54, 1.807) is 18.7 Å². The molecule has 1 fully saturated rings. The maximum atomic E-state index is 11.4. The first-order valence-electron chi connectivity index (χ1n) is 10.2. The quantitative estimate of drug-likeness (QED) is 0.395. The number of carbonyl (C=O) groups excluding carboxylic acids is 1. The number of ketones is 1. The van der Waals surface area contributed by atoms with E-state index in [1.807, 2.05) is 31.2 Å². The molecule has 6 heteroatoms. The molecule has 30 heavy (non-hydrogen) atoms. The molecular formula is C24H26N2O3S. The van der Waals surface area contributed by atoms with Gasteiger partial charge in [-0.3, -0.25) is 9.69 Å². The van der Waals surface area contributed by atoms with Crippen molar-refractivity contribution in [2.24, 2.45) is 0 Å². The Morgan fingerprint density at radius 3 is 2.43 bits per heavy atom. The van der Waals surface area contributed by atoms with Crippen molar-refractivity contribution < 1.29 is 13.9 Å². The summed E-state index contributed by atoms with van der Waals surface area (Å²) in [6.45, 7) is 8.14. The van der Waals surface area contributed by atoms with Crippen molar-refractivity contribution >= 4 is 17.5 Å². The second-order valence-electron chi connectivity index (χ2n) is 7.48. The van der Waals surface area contributed by atoms with Gasteiger partial charge >= 0.3 is 0 Å². The molecule has 0 unspecified atom stereocenters. The molecule has 0 radical (unpaired) electrons. The van der Waals surface area contributed by atoms with E-state index in [0.717, 1.165) is 55.6 Å². The average Bonchev–Trinajstić information content (AvgIpc) is 3.14. The van der Waals surface area contributed by atoms with Crippen molar-refractivity contribution in [2.75, 3.05) is 26.3 Å². The molecule has 0 atom stereocenters. The van der Waals surface area contributed by atoms with Gasteiger partial charge in [0.2, 0.25) is 5.89 Å². The third-order valence-corrected chi connectivity index (χ3v) is 6.26. The topological polar surface area (TPSA) is 55.6 Å². The molecule has 0 saturated carbocycles. The minimum Gasteiger partial charge on any atom is -0.441 e. The van der Waals surface area contributed by atoms with Gasteiger partial charge in [0.1, 0.15) is 5.76 Å². The average molecular weight is 423 g/mol. The molecule has 1 saturated heterocycles. The van der Waals surface area contributed by atoms with Gasteiger partial charge in [0.15, 0.2) is 5.78 Å². The Labute approximate surface area is 181 Å². The number of rotatable bonds is 7. The van der Waals surface area contributed by atoms with Crippen LogP contribution in [0.15, 0.2) is 57.8 Å². The summed E-state index contributed by atoms with van der Waals surface area (Å²) < 4.78 is 11.3. The number of carbonyl (C=O) groups is 1. The van der Waals surface area contributed by atoms with Gasteiger partial charge in [0, 0.05) is 41.4 Å².